The fraction of sp³-hybridized carbons (Fsp3) is 0.467. The Morgan fingerprint density at radius 3 is 2.38 bits per heavy atom. The first kappa shape index (κ1) is 15.7. The van der Waals surface area contributed by atoms with Crippen LogP contribution >= 0.6 is 0 Å². The summed E-state index contributed by atoms with van der Waals surface area (Å²) in [5, 5.41) is 9.22. The number of pyridine rings is 1. The minimum Gasteiger partial charge on any atom is -0.478 e. The molecule has 1 aromatic heterocycles. The number of carboxylic acids is 1. The average molecular weight is 289 g/mol. The van der Waals surface area contributed by atoms with E-state index >= 15 is 0 Å². The van der Waals surface area contributed by atoms with Gasteiger partial charge in [0.15, 0.2) is 0 Å². The lowest BCUT2D eigenvalue weighted by Gasteiger charge is -2.32. The number of carboxylic acid groups (broad SMARTS) is 1. The molecule has 1 aromatic rings. The van der Waals surface area contributed by atoms with Gasteiger partial charge in [0, 0.05) is 17.5 Å². The van der Waals surface area contributed by atoms with Crippen LogP contribution < -0.4 is 0 Å². The molecule has 1 aliphatic rings. The standard InChI is InChI=1S/C15H20BNO4/c1-10-11(12(13(18)19)7-9-17-10)6-8-16-20-14(2,3)15(4,5)21-16/h6-9H,1-5H3,(H,18,19)/b8-6+. The van der Waals surface area contributed by atoms with Gasteiger partial charge >= 0.3 is 13.1 Å². The van der Waals surface area contributed by atoms with E-state index in [1.807, 2.05) is 27.7 Å². The maximum absolute atomic E-state index is 11.3. The van der Waals surface area contributed by atoms with E-state index in [1.165, 1.54) is 12.3 Å². The topological polar surface area (TPSA) is 68.7 Å². The van der Waals surface area contributed by atoms with Crippen molar-refractivity contribution in [3.8, 4) is 0 Å². The van der Waals surface area contributed by atoms with Crippen LogP contribution in [0, 0.1) is 6.92 Å². The molecule has 2 rings (SSSR count). The SMILES string of the molecule is Cc1nccc(C(=O)O)c1/C=C/B1OC(C)(C)C(C)(C)O1. The van der Waals surface area contributed by atoms with Gasteiger partial charge in [-0.15, -0.1) is 0 Å². The minimum atomic E-state index is -0.978. The predicted octanol–water partition coefficient (Wildman–Crippen LogP) is 2.73. The van der Waals surface area contributed by atoms with Crippen LogP contribution in [-0.4, -0.2) is 34.4 Å². The second-order valence-corrected chi connectivity index (χ2v) is 6.15. The van der Waals surface area contributed by atoms with Crippen molar-refractivity contribution < 1.29 is 19.2 Å². The van der Waals surface area contributed by atoms with Gasteiger partial charge in [-0.1, -0.05) is 12.1 Å². The summed E-state index contributed by atoms with van der Waals surface area (Å²) < 4.78 is 11.7. The number of hydrogen-bond donors (Lipinski definition) is 1. The zero-order valence-corrected chi connectivity index (χ0v) is 13.0. The van der Waals surface area contributed by atoms with Crippen molar-refractivity contribution in [2.24, 2.45) is 0 Å². The van der Waals surface area contributed by atoms with Crippen LogP contribution in [0.4, 0.5) is 0 Å². The van der Waals surface area contributed by atoms with Crippen LogP contribution in [0.3, 0.4) is 0 Å². The first-order chi connectivity index (χ1) is 9.64. The lowest BCUT2D eigenvalue weighted by Crippen LogP contribution is -2.41. The molecule has 112 valence electrons. The van der Waals surface area contributed by atoms with Crippen LogP contribution in [0.1, 0.15) is 49.3 Å². The van der Waals surface area contributed by atoms with Crippen molar-refractivity contribution in [2.75, 3.05) is 0 Å². The monoisotopic (exact) mass is 289 g/mol. The molecule has 1 aliphatic heterocycles. The van der Waals surface area contributed by atoms with Gasteiger partial charge in [0.25, 0.3) is 0 Å². The van der Waals surface area contributed by atoms with E-state index in [9.17, 15) is 9.90 Å². The van der Waals surface area contributed by atoms with Gasteiger partial charge in [0.2, 0.25) is 0 Å². The first-order valence-corrected chi connectivity index (χ1v) is 6.87. The van der Waals surface area contributed by atoms with E-state index in [4.69, 9.17) is 9.31 Å². The summed E-state index contributed by atoms with van der Waals surface area (Å²) in [6.45, 7) is 9.66. The Hall–Kier alpha value is -1.66. The van der Waals surface area contributed by atoms with Crippen molar-refractivity contribution >= 4 is 19.2 Å². The molecule has 6 heteroatoms. The Kier molecular flexibility index (Phi) is 3.95. The molecular formula is C15H20BNO4. The molecular weight excluding hydrogens is 269 g/mol. The van der Waals surface area contributed by atoms with Gasteiger partial charge in [-0.2, -0.15) is 0 Å². The van der Waals surface area contributed by atoms with Crippen LogP contribution in [0.5, 0.6) is 0 Å². The molecule has 0 aromatic carbocycles. The lowest BCUT2D eigenvalue weighted by molar-refractivity contribution is 0.00578. The summed E-state index contributed by atoms with van der Waals surface area (Å²) in [7, 11) is -0.503. The minimum absolute atomic E-state index is 0.218. The third-order valence-electron chi connectivity index (χ3n) is 4.11. The molecule has 0 aliphatic carbocycles. The molecule has 0 saturated carbocycles. The molecule has 1 N–H and O–H groups in total. The van der Waals surface area contributed by atoms with E-state index < -0.39 is 24.3 Å². The van der Waals surface area contributed by atoms with Gasteiger partial charge in [-0.3, -0.25) is 4.98 Å². The number of nitrogens with zero attached hydrogens (tertiary/aromatic N) is 1. The molecule has 0 radical (unpaired) electrons. The van der Waals surface area contributed by atoms with Crippen LogP contribution in [0.15, 0.2) is 18.2 Å². The molecule has 2 heterocycles. The Morgan fingerprint density at radius 1 is 1.29 bits per heavy atom. The quantitative estimate of drug-likeness (QED) is 0.866. The van der Waals surface area contributed by atoms with E-state index in [0.717, 1.165) is 0 Å². The lowest BCUT2D eigenvalue weighted by atomic mass is 9.88. The van der Waals surface area contributed by atoms with Gasteiger partial charge in [0.05, 0.1) is 16.8 Å². The molecule has 1 saturated heterocycles. The first-order valence-electron chi connectivity index (χ1n) is 6.87. The third kappa shape index (κ3) is 3.01. The van der Waals surface area contributed by atoms with Crippen molar-refractivity contribution in [2.45, 2.75) is 45.8 Å². The molecule has 1 fully saturated rings. The average Bonchev–Trinajstić information content (AvgIpc) is 2.55. The summed E-state index contributed by atoms with van der Waals surface area (Å²) in [4.78, 5) is 15.4. The summed E-state index contributed by atoms with van der Waals surface area (Å²) in [6, 6.07) is 1.49. The van der Waals surface area contributed by atoms with E-state index in [1.54, 1.807) is 19.0 Å². The normalized spacial score (nSPS) is 20.1. The maximum Gasteiger partial charge on any atom is 0.487 e. The van der Waals surface area contributed by atoms with E-state index in [2.05, 4.69) is 4.98 Å². The number of hydrogen-bond acceptors (Lipinski definition) is 4. The predicted molar refractivity (Wildman–Crippen MR) is 81.0 cm³/mol. The summed E-state index contributed by atoms with van der Waals surface area (Å²) in [5.74, 6) is 0.751. The van der Waals surface area contributed by atoms with Gasteiger partial charge in [0.1, 0.15) is 0 Å². The molecule has 0 atom stereocenters. The van der Waals surface area contributed by atoms with E-state index in [0.29, 0.717) is 11.3 Å². The third-order valence-corrected chi connectivity index (χ3v) is 4.11. The van der Waals surface area contributed by atoms with Gasteiger partial charge in [-0.05, 0) is 40.7 Å². The highest BCUT2D eigenvalue weighted by Gasteiger charge is 2.50. The van der Waals surface area contributed by atoms with Gasteiger partial charge in [-0.25, -0.2) is 4.79 Å². The summed E-state index contributed by atoms with van der Waals surface area (Å²) in [5.41, 5.74) is 0.612. The Morgan fingerprint density at radius 2 is 1.86 bits per heavy atom. The van der Waals surface area contributed by atoms with Crippen molar-refractivity contribution in [3.63, 3.8) is 0 Å². The number of carbonyl (C=O) groups is 1. The second-order valence-electron chi connectivity index (χ2n) is 6.15. The summed E-state index contributed by atoms with van der Waals surface area (Å²) >= 11 is 0. The molecule has 5 nitrogen and oxygen atoms in total. The molecule has 0 spiro atoms. The Labute approximate surface area is 125 Å². The van der Waals surface area contributed by atoms with E-state index in [-0.39, 0.29) is 5.56 Å². The van der Waals surface area contributed by atoms with Crippen molar-refractivity contribution in [1.29, 1.82) is 0 Å². The maximum atomic E-state index is 11.3. The van der Waals surface area contributed by atoms with Crippen LogP contribution in [-0.2, 0) is 9.31 Å². The smallest absolute Gasteiger partial charge is 0.478 e. The second kappa shape index (κ2) is 5.28. The zero-order valence-electron chi connectivity index (χ0n) is 13.0. The molecule has 0 unspecified atom stereocenters. The molecule has 21 heavy (non-hydrogen) atoms. The molecule has 0 amide bonds. The zero-order chi connectivity index (χ0) is 15.8. The summed E-state index contributed by atoms with van der Waals surface area (Å²) in [6.07, 6.45) is 3.19. The Balaban J connectivity index is 2.26. The van der Waals surface area contributed by atoms with Crippen molar-refractivity contribution in [3.05, 3.63) is 35.1 Å². The Bertz CT molecular complexity index is 579. The highest BCUT2D eigenvalue weighted by molar-refractivity contribution is 6.52. The number of rotatable bonds is 3. The van der Waals surface area contributed by atoms with Crippen LogP contribution in [0.2, 0.25) is 0 Å². The fourth-order valence-corrected chi connectivity index (χ4v) is 2.12. The highest BCUT2D eigenvalue weighted by atomic mass is 16.7. The van der Waals surface area contributed by atoms with Crippen molar-refractivity contribution in [1.82, 2.24) is 4.98 Å². The number of aryl methyl sites for hydroxylation is 1. The number of aromatic nitrogens is 1. The molecule has 0 bridgehead atoms. The van der Waals surface area contributed by atoms with Crippen LogP contribution in [0.25, 0.3) is 6.08 Å². The van der Waals surface area contributed by atoms with Gasteiger partial charge < -0.3 is 14.4 Å². The fourth-order valence-electron chi connectivity index (χ4n) is 2.12. The largest absolute Gasteiger partial charge is 0.487 e. The highest BCUT2D eigenvalue weighted by Crippen LogP contribution is 2.37. The number of aromatic carboxylic acids is 1.